The largest absolute Gasteiger partial charge is 0.497 e. The number of hydrogen-bond donors (Lipinski definition) is 2. The number of halogens is 1. The molecule has 0 spiro atoms. The van der Waals surface area contributed by atoms with Crippen LogP contribution in [0, 0.1) is 5.82 Å². The van der Waals surface area contributed by atoms with Crippen molar-refractivity contribution in [1.82, 2.24) is 5.32 Å². The molecule has 2 aromatic carbocycles. The number of ether oxygens (including phenoxy) is 2. The van der Waals surface area contributed by atoms with E-state index in [1.807, 2.05) is 12.1 Å². The van der Waals surface area contributed by atoms with Gasteiger partial charge in [-0.15, -0.1) is 0 Å². The van der Waals surface area contributed by atoms with Crippen LogP contribution in [0.3, 0.4) is 0 Å². The van der Waals surface area contributed by atoms with Crippen LogP contribution in [0.2, 0.25) is 0 Å². The Morgan fingerprint density at radius 3 is 2.52 bits per heavy atom. The lowest BCUT2D eigenvalue weighted by Gasteiger charge is -2.17. The summed E-state index contributed by atoms with van der Waals surface area (Å²) < 4.78 is 23.7. The van der Waals surface area contributed by atoms with Crippen LogP contribution in [-0.2, 0) is 20.9 Å². The van der Waals surface area contributed by atoms with E-state index in [4.69, 9.17) is 9.47 Å². The van der Waals surface area contributed by atoms with E-state index < -0.39 is 29.7 Å². The lowest BCUT2D eigenvalue weighted by molar-refractivity contribution is -0.139. The van der Waals surface area contributed by atoms with Crippen LogP contribution in [0.5, 0.6) is 5.75 Å². The highest BCUT2D eigenvalue weighted by Crippen LogP contribution is 2.17. The van der Waals surface area contributed by atoms with Crippen LogP contribution in [0.1, 0.15) is 24.0 Å². The molecule has 0 bridgehead atoms. The summed E-state index contributed by atoms with van der Waals surface area (Å²) in [5.41, 5.74) is 1.26. The minimum absolute atomic E-state index is 0.118. The molecule has 27 heavy (non-hydrogen) atoms. The first-order chi connectivity index (χ1) is 12.9. The van der Waals surface area contributed by atoms with Crippen LogP contribution < -0.4 is 10.1 Å². The minimum atomic E-state index is -1.10. The van der Waals surface area contributed by atoms with Gasteiger partial charge in [-0.25, -0.2) is 4.39 Å². The number of methoxy groups -OCH3 is 1. The van der Waals surface area contributed by atoms with Gasteiger partial charge in [-0.1, -0.05) is 24.3 Å². The first-order valence-corrected chi connectivity index (χ1v) is 8.41. The SMILES string of the molecule is COc1cccc(COC(C)C(=O)NCC(C(=O)O)c2ccc(F)cc2)c1. The fourth-order valence-corrected chi connectivity index (χ4v) is 2.45. The van der Waals surface area contributed by atoms with Gasteiger partial charge in [0.05, 0.1) is 19.6 Å². The smallest absolute Gasteiger partial charge is 0.312 e. The van der Waals surface area contributed by atoms with Crippen molar-refractivity contribution in [3.63, 3.8) is 0 Å². The molecule has 0 aliphatic carbocycles. The Morgan fingerprint density at radius 2 is 1.89 bits per heavy atom. The molecule has 0 saturated carbocycles. The summed E-state index contributed by atoms with van der Waals surface area (Å²) in [4.78, 5) is 23.6. The normalized spacial score (nSPS) is 12.9. The van der Waals surface area contributed by atoms with Gasteiger partial charge < -0.3 is 19.9 Å². The Labute approximate surface area is 156 Å². The number of carbonyl (C=O) groups is 2. The van der Waals surface area contributed by atoms with Crippen LogP contribution in [-0.4, -0.2) is 36.7 Å². The van der Waals surface area contributed by atoms with Crippen molar-refractivity contribution in [3.8, 4) is 5.75 Å². The standard InChI is InChI=1S/C20H22FNO5/c1-13(27-12-14-4-3-5-17(10-14)26-2)19(23)22-11-18(20(24)25)15-6-8-16(21)9-7-15/h3-10,13,18H,11-12H2,1-2H3,(H,22,23)(H,24,25). The molecular formula is C20H22FNO5. The molecule has 0 aromatic heterocycles. The molecule has 0 radical (unpaired) electrons. The van der Waals surface area contributed by atoms with Crippen LogP contribution in [0.25, 0.3) is 0 Å². The van der Waals surface area contributed by atoms with Crippen molar-refractivity contribution in [3.05, 3.63) is 65.5 Å². The van der Waals surface area contributed by atoms with E-state index in [0.717, 1.165) is 5.56 Å². The highest BCUT2D eigenvalue weighted by molar-refractivity contribution is 5.82. The molecule has 2 unspecified atom stereocenters. The summed E-state index contributed by atoms with van der Waals surface area (Å²) in [7, 11) is 1.57. The zero-order valence-electron chi connectivity index (χ0n) is 15.1. The summed E-state index contributed by atoms with van der Waals surface area (Å²) in [5.74, 6) is -2.26. The predicted molar refractivity (Wildman–Crippen MR) is 97.0 cm³/mol. The Balaban J connectivity index is 1.88. The van der Waals surface area contributed by atoms with E-state index in [1.165, 1.54) is 24.3 Å². The van der Waals surface area contributed by atoms with E-state index in [-0.39, 0.29) is 13.2 Å². The summed E-state index contributed by atoms with van der Waals surface area (Å²) in [6.07, 6.45) is -0.765. The monoisotopic (exact) mass is 375 g/mol. The second-order valence-corrected chi connectivity index (χ2v) is 5.99. The van der Waals surface area contributed by atoms with Gasteiger partial charge in [-0.3, -0.25) is 9.59 Å². The van der Waals surface area contributed by atoms with Crippen molar-refractivity contribution in [2.75, 3.05) is 13.7 Å². The van der Waals surface area contributed by atoms with E-state index in [0.29, 0.717) is 11.3 Å². The van der Waals surface area contributed by atoms with Gasteiger partial charge in [-0.2, -0.15) is 0 Å². The molecule has 1 amide bonds. The maximum atomic E-state index is 13.0. The van der Waals surface area contributed by atoms with Gasteiger partial charge in [0.15, 0.2) is 0 Å². The average Bonchev–Trinajstić information content (AvgIpc) is 2.67. The number of aliphatic carboxylic acids is 1. The van der Waals surface area contributed by atoms with E-state index >= 15 is 0 Å². The number of benzene rings is 2. The van der Waals surface area contributed by atoms with Gasteiger partial charge in [0.1, 0.15) is 17.7 Å². The van der Waals surface area contributed by atoms with Crippen molar-refractivity contribution in [2.45, 2.75) is 25.6 Å². The molecule has 2 rings (SSSR count). The molecule has 2 N–H and O–H groups in total. The third-order valence-corrected chi connectivity index (χ3v) is 4.05. The van der Waals surface area contributed by atoms with E-state index in [2.05, 4.69) is 5.32 Å². The molecule has 144 valence electrons. The quantitative estimate of drug-likeness (QED) is 0.704. The molecular weight excluding hydrogens is 353 g/mol. The van der Waals surface area contributed by atoms with Crippen LogP contribution >= 0.6 is 0 Å². The summed E-state index contributed by atoms with van der Waals surface area (Å²) in [6, 6.07) is 12.4. The fraction of sp³-hybridized carbons (Fsp3) is 0.300. The number of amides is 1. The van der Waals surface area contributed by atoms with Crippen molar-refractivity contribution < 1.29 is 28.6 Å². The van der Waals surface area contributed by atoms with E-state index in [9.17, 15) is 19.1 Å². The Morgan fingerprint density at radius 1 is 1.19 bits per heavy atom. The molecule has 6 nitrogen and oxygen atoms in total. The average molecular weight is 375 g/mol. The second kappa shape index (κ2) is 9.68. The maximum absolute atomic E-state index is 13.0. The fourth-order valence-electron chi connectivity index (χ4n) is 2.45. The van der Waals surface area contributed by atoms with Gasteiger partial charge in [-0.05, 0) is 42.3 Å². The Bertz CT molecular complexity index is 778. The zero-order valence-corrected chi connectivity index (χ0v) is 15.1. The molecule has 0 saturated heterocycles. The second-order valence-electron chi connectivity index (χ2n) is 5.99. The lowest BCUT2D eigenvalue weighted by Crippen LogP contribution is -2.38. The number of rotatable bonds is 9. The third-order valence-electron chi connectivity index (χ3n) is 4.05. The maximum Gasteiger partial charge on any atom is 0.312 e. The van der Waals surface area contributed by atoms with Gasteiger partial charge in [0.2, 0.25) is 5.91 Å². The summed E-state index contributed by atoms with van der Waals surface area (Å²) >= 11 is 0. The summed E-state index contributed by atoms with van der Waals surface area (Å²) in [6.45, 7) is 1.68. The van der Waals surface area contributed by atoms with Crippen molar-refractivity contribution in [1.29, 1.82) is 0 Å². The molecule has 2 aromatic rings. The van der Waals surface area contributed by atoms with Crippen LogP contribution in [0.15, 0.2) is 48.5 Å². The zero-order chi connectivity index (χ0) is 19.8. The van der Waals surface area contributed by atoms with Crippen LogP contribution in [0.4, 0.5) is 4.39 Å². The molecule has 2 atom stereocenters. The van der Waals surface area contributed by atoms with Crippen molar-refractivity contribution in [2.24, 2.45) is 0 Å². The number of nitrogens with one attached hydrogen (secondary N) is 1. The highest BCUT2D eigenvalue weighted by atomic mass is 19.1. The van der Waals surface area contributed by atoms with E-state index in [1.54, 1.807) is 26.2 Å². The Hall–Kier alpha value is -2.93. The topological polar surface area (TPSA) is 84.9 Å². The first kappa shape index (κ1) is 20.4. The summed E-state index contributed by atoms with van der Waals surface area (Å²) in [5, 5.41) is 11.9. The number of carbonyl (C=O) groups excluding carboxylic acids is 1. The first-order valence-electron chi connectivity index (χ1n) is 8.41. The molecule has 0 fully saturated rings. The molecule has 7 heteroatoms. The number of carboxylic acids is 1. The minimum Gasteiger partial charge on any atom is -0.497 e. The number of carboxylic acid groups (broad SMARTS) is 1. The molecule has 0 aliphatic rings. The van der Waals surface area contributed by atoms with Gasteiger partial charge >= 0.3 is 5.97 Å². The lowest BCUT2D eigenvalue weighted by atomic mass is 9.99. The number of hydrogen-bond acceptors (Lipinski definition) is 4. The molecule has 0 aliphatic heterocycles. The van der Waals surface area contributed by atoms with Gasteiger partial charge in [0, 0.05) is 6.54 Å². The van der Waals surface area contributed by atoms with Crippen molar-refractivity contribution >= 4 is 11.9 Å². The Kier molecular flexibility index (Phi) is 7.31. The predicted octanol–water partition coefficient (Wildman–Crippen LogP) is 2.72. The highest BCUT2D eigenvalue weighted by Gasteiger charge is 2.22. The van der Waals surface area contributed by atoms with Gasteiger partial charge in [0.25, 0.3) is 0 Å². The third kappa shape index (κ3) is 6.07. The molecule has 0 heterocycles.